The van der Waals surface area contributed by atoms with Gasteiger partial charge in [-0.3, -0.25) is 9.52 Å². The van der Waals surface area contributed by atoms with Crippen LogP contribution in [0.3, 0.4) is 0 Å². The summed E-state index contributed by atoms with van der Waals surface area (Å²) in [6.07, 6.45) is 1.18. The third-order valence-corrected chi connectivity index (χ3v) is 4.86. The zero-order valence-electron chi connectivity index (χ0n) is 10.6. The second kappa shape index (κ2) is 5.51. The normalized spacial score (nSPS) is 22.0. The zero-order chi connectivity index (χ0) is 14.0. The van der Waals surface area contributed by atoms with E-state index in [1.54, 1.807) is 19.1 Å². The molecule has 6 heteroatoms. The van der Waals surface area contributed by atoms with Crippen LogP contribution in [-0.4, -0.2) is 20.1 Å². The minimum atomic E-state index is -3.47. The van der Waals surface area contributed by atoms with E-state index in [1.807, 2.05) is 12.1 Å². The van der Waals surface area contributed by atoms with Crippen LogP contribution in [0.2, 0.25) is 5.02 Å². The highest BCUT2D eigenvalue weighted by molar-refractivity contribution is 7.90. The molecule has 1 fully saturated rings. The van der Waals surface area contributed by atoms with Gasteiger partial charge in [-0.2, -0.15) is 0 Å². The molecule has 1 saturated carbocycles. The van der Waals surface area contributed by atoms with Crippen molar-refractivity contribution in [2.75, 3.05) is 5.75 Å². The molecule has 0 aromatic heterocycles. The SMILES string of the molecule is CCCS(=O)(=O)NC(=O)C1CC1c1ccc(Cl)cc1. The van der Waals surface area contributed by atoms with Crippen molar-refractivity contribution in [2.24, 2.45) is 5.92 Å². The molecule has 0 bridgehead atoms. The van der Waals surface area contributed by atoms with E-state index in [4.69, 9.17) is 11.6 Å². The van der Waals surface area contributed by atoms with Crippen molar-refractivity contribution in [1.29, 1.82) is 0 Å². The number of amides is 1. The molecule has 2 rings (SSSR count). The number of sulfonamides is 1. The molecule has 0 spiro atoms. The molecule has 0 saturated heterocycles. The van der Waals surface area contributed by atoms with E-state index in [1.165, 1.54) is 0 Å². The quantitative estimate of drug-likeness (QED) is 0.907. The Hall–Kier alpha value is -1.07. The van der Waals surface area contributed by atoms with Crippen molar-refractivity contribution in [2.45, 2.75) is 25.7 Å². The minimum absolute atomic E-state index is 0.0168. The summed E-state index contributed by atoms with van der Waals surface area (Å²) in [6, 6.07) is 7.30. The summed E-state index contributed by atoms with van der Waals surface area (Å²) in [5.74, 6) is -0.549. The number of hydrogen-bond donors (Lipinski definition) is 1. The average Bonchev–Trinajstić information content (AvgIpc) is 3.09. The third-order valence-electron chi connectivity index (χ3n) is 3.15. The van der Waals surface area contributed by atoms with E-state index in [-0.39, 0.29) is 17.6 Å². The Morgan fingerprint density at radius 1 is 1.37 bits per heavy atom. The van der Waals surface area contributed by atoms with Crippen molar-refractivity contribution in [3.63, 3.8) is 0 Å². The lowest BCUT2D eigenvalue weighted by Crippen LogP contribution is -2.33. The number of carbonyl (C=O) groups excluding carboxylic acids is 1. The van der Waals surface area contributed by atoms with Crippen LogP contribution in [0.4, 0.5) is 0 Å². The molecule has 2 unspecified atom stereocenters. The molecule has 19 heavy (non-hydrogen) atoms. The largest absolute Gasteiger partial charge is 0.274 e. The molecule has 1 amide bonds. The Morgan fingerprint density at radius 3 is 2.58 bits per heavy atom. The molecule has 0 heterocycles. The van der Waals surface area contributed by atoms with Crippen LogP contribution in [0.25, 0.3) is 0 Å². The van der Waals surface area contributed by atoms with E-state index >= 15 is 0 Å². The monoisotopic (exact) mass is 301 g/mol. The van der Waals surface area contributed by atoms with Gasteiger partial charge < -0.3 is 0 Å². The predicted molar refractivity (Wildman–Crippen MR) is 74.5 cm³/mol. The number of hydrogen-bond acceptors (Lipinski definition) is 3. The lowest BCUT2D eigenvalue weighted by Gasteiger charge is -2.05. The van der Waals surface area contributed by atoms with Crippen molar-refractivity contribution >= 4 is 27.5 Å². The van der Waals surface area contributed by atoms with Crippen LogP contribution in [0.5, 0.6) is 0 Å². The Morgan fingerprint density at radius 2 is 2.00 bits per heavy atom. The van der Waals surface area contributed by atoms with Crippen LogP contribution in [0.1, 0.15) is 31.2 Å². The maximum atomic E-state index is 11.8. The second-order valence-electron chi connectivity index (χ2n) is 4.79. The maximum Gasteiger partial charge on any atom is 0.237 e. The van der Waals surface area contributed by atoms with Gasteiger partial charge in [0.05, 0.1) is 5.75 Å². The number of benzene rings is 1. The number of halogens is 1. The Labute approximate surface area is 118 Å². The highest BCUT2D eigenvalue weighted by Crippen LogP contribution is 2.47. The molecule has 4 nitrogen and oxygen atoms in total. The van der Waals surface area contributed by atoms with Gasteiger partial charge >= 0.3 is 0 Å². The molecule has 104 valence electrons. The van der Waals surface area contributed by atoms with Crippen LogP contribution >= 0.6 is 11.6 Å². The highest BCUT2D eigenvalue weighted by Gasteiger charge is 2.44. The number of nitrogens with one attached hydrogen (secondary N) is 1. The lowest BCUT2D eigenvalue weighted by atomic mass is 10.1. The van der Waals surface area contributed by atoms with Gasteiger partial charge in [-0.15, -0.1) is 0 Å². The summed E-state index contributed by atoms with van der Waals surface area (Å²) in [5.41, 5.74) is 1.03. The van der Waals surface area contributed by atoms with Crippen LogP contribution in [0.15, 0.2) is 24.3 Å². The molecule has 2 atom stereocenters. The number of carbonyl (C=O) groups is 1. The highest BCUT2D eigenvalue weighted by atomic mass is 35.5. The Kier molecular flexibility index (Phi) is 4.16. The van der Waals surface area contributed by atoms with E-state index < -0.39 is 15.9 Å². The average molecular weight is 302 g/mol. The van der Waals surface area contributed by atoms with Gasteiger partial charge in [0.2, 0.25) is 15.9 Å². The van der Waals surface area contributed by atoms with Crippen molar-refractivity contribution in [3.05, 3.63) is 34.9 Å². The number of rotatable bonds is 5. The summed E-state index contributed by atoms with van der Waals surface area (Å²) in [5, 5.41) is 0.649. The van der Waals surface area contributed by atoms with Crippen LogP contribution < -0.4 is 4.72 Å². The topological polar surface area (TPSA) is 63.2 Å². The zero-order valence-corrected chi connectivity index (χ0v) is 12.2. The van der Waals surface area contributed by atoms with Gasteiger partial charge in [0.15, 0.2) is 0 Å². The molecule has 0 radical (unpaired) electrons. The van der Waals surface area contributed by atoms with Gasteiger partial charge in [0, 0.05) is 10.9 Å². The summed E-state index contributed by atoms with van der Waals surface area (Å²) >= 11 is 5.80. The Balaban J connectivity index is 1.96. The summed E-state index contributed by atoms with van der Waals surface area (Å²) in [7, 11) is -3.47. The first kappa shape index (κ1) is 14.3. The predicted octanol–water partition coefficient (Wildman–Crippen LogP) is 2.30. The molecule has 1 aliphatic rings. The van der Waals surface area contributed by atoms with Crippen molar-refractivity contribution in [1.82, 2.24) is 4.72 Å². The maximum absolute atomic E-state index is 11.8. The summed E-state index contributed by atoms with van der Waals surface area (Å²) in [4.78, 5) is 11.8. The molecule has 1 aromatic carbocycles. The van der Waals surface area contributed by atoms with E-state index in [9.17, 15) is 13.2 Å². The minimum Gasteiger partial charge on any atom is -0.274 e. The van der Waals surface area contributed by atoms with Gasteiger partial charge in [-0.25, -0.2) is 8.42 Å². The third kappa shape index (κ3) is 3.70. The first-order valence-electron chi connectivity index (χ1n) is 6.22. The van der Waals surface area contributed by atoms with Crippen molar-refractivity contribution < 1.29 is 13.2 Å². The van der Waals surface area contributed by atoms with Crippen LogP contribution in [0, 0.1) is 5.92 Å². The van der Waals surface area contributed by atoms with E-state index in [2.05, 4.69) is 4.72 Å². The summed E-state index contributed by atoms with van der Waals surface area (Å²) < 4.78 is 25.2. The first-order valence-corrected chi connectivity index (χ1v) is 8.26. The van der Waals surface area contributed by atoms with Gasteiger partial charge in [0.25, 0.3) is 0 Å². The Bertz CT molecular complexity index is 568. The van der Waals surface area contributed by atoms with Crippen LogP contribution in [-0.2, 0) is 14.8 Å². The molecular weight excluding hydrogens is 286 g/mol. The van der Waals surface area contributed by atoms with Gasteiger partial charge in [0.1, 0.15) is 0 Å². The first-order chi connectivity index (χ1) is 8.93. The smallest absolute Gasteiger partial charge is 0.237 e. The molecule has 1 N–H and O–H groups in total. The standard InChI is InChI=1S/C13H16ClNO3S/c1-2-7-19(17,18)15-13(16)12-8-11(12)9-3-5-10(14)6-4-9/h3-6,11-12H,2,7-8H2,1H3,(H,15,16). The van der Waals surface area contributed by atoms with E-state index in [0.29, 0.717) is 17.9 Å². The summed E-state index contributed by atoms with van der Waals surface area (Å²) in [6.45, 7) is 1.76. The fourth-order valence-corrected chi connectivity index (χ4v) is 3.34. The molecule has 1 aromatic rings. The van der Waals surface area contributed by atoms with Crippen molar-refractivity contribution in [3.8, 4) is 0 Å². The van der Waals surface area contributed by atoms with Gasteiger partial charge in [-0.05, 0) is 36.5 Å². The second-order valence-corrected chi connectivity index (χ2v) is 7.06. The van der Waals surface area contributed by atoms with Gasteiger partial charge in [-0.1, -0.05) is 30.7 Å². The molecule has 0 aliphatic heterocycles. The molecule has 1 aliphatic carbocycles. The fourth-order valence-electron chi connectivity index (χ4n) is 2.11. The molecular formula is C13H16ClNO3S. The van der Waals surface area contributed by atoms with E-state index in [0.717, 1.165) is 5.56 Å². The fraction of sp³-hybridized carbons (Fsp3) is 0.462. The lowest BCUT2D eigenvalue weighted by molar-refractivity contribution is -0.120.